The molecule has 1 saturated heterocycles. The van der Waals surface area contributed by atoms with Gasteiger partial charge < -0.3 is 18.6 Å². The molecule has 0 N–H and O–H groups in total. The molecule has 0 spiro atoms. The lowest BCUT2D eigenvalue weighted by molar-refractivity contribution is -0.197. The number of aromatic nitrogens is 1. The average Bonchev–Trinajstić information content (AvgIpc) is 3.54. The van der Waals surface area contributed by atoms with Crippen molar-refractivity contribution in [2.24, 2.45) is 28.6 Å². The number of fused-ring (bicyclic) bond motifs is 3. The van der Waals surface area contributed by atoms with E-state index in [0.29, 0.717) is 24.8 Å². The second-order valence-corrected chi connectivity index (χ2v) is 10.6. The van der Waals surface area contributed by atoms with Gasteiger partial charge in [-0.3, -0.25) is 14.4 Å². The van der Waals surface area contributed by atoms with E-state index < -0.39 is 52.4 Å². The Kier molecular flexibility index (Phi) is 5.66. The Balaban J connectivity index is 1.58. The number of ether oxygens (including phenoxy) is 3. The minimum atomic E-state index is -0.861. The second kappa shape index (κ2) is 8.44. The van der Waals surface area contributed by atoms with Gasteiger partial charge in [-0.1, -0.05) is 13.8 Å². The fourth-order valence-corrected chi connectivity index (χ4v) is 6.87. The van der Waals surface area contributed by atoms with Crippen LogP contribution in [0.3, 0.4) is 0 Å². The summed E-state index contributed by atoms with van der Waals surface area (Å²) in [6.07, 6.45) is 5.07. The number of hydrogen-bond acceptors (Lipinski definition) is 10. The number of carbonyl (C=O) groups excluding carboxylic acids is 4. The molecule has 2 aliphatic carbocycles. The molecule has 35 heavy (non-hydrogen) atoms. The zero-order chi connectivity index (χ0) is 25.0. The van der Waals surface area contributed by atoms with E-state index >= 15 is 0 Å². The minimum Gasteiger partial charge on any atom is -0.472 e. The van der Waals surface area contributed by atoms with Crippen molar-refractivity contribution in [3.63, 3.8) is 0 Å². The number of thiazole rings is 1. The Bertz CT molecular complexity index is 1200. The molecular weight excluding hydrogens is 474 g/mol. The van der Waals surface area contributed by atoms with Gasteiger partial charge in [-0.25, -0.2) is 9.78 Å². The van der Waals surface area contributed by atoms with E-state index in [1.165, 1.54) is 47.9 Å². The van der Waals surface area contributed by atoms with Gasteiger partial charge >= 0.3 is 17.9 Å². The van der Waals surface area contributed by atoms with Crippen LogP contribution in [0.1, 0.15) is 55.3 Å². The van der Waals surface area contributed by atoms with Crippen LogP contribution in [0.4, 0.5) is 0 Å². The van der Waals surface area contributed by atoms with Gasteiger partial charge in [-0.2, -0.15) is 0 Å². The number of methoxy groups -OCH3 is 1. The third kappa shape index (κ3) is 3.62. The first kappa shape index (κ1) is 23.5. The lowest BCUT2D eigenvalue weighted by atomic mass is 9.44. The summed E-state index contributed by atoms with van der Waals surface area (Å²) >= 11 is 1.22. The van der Waals surface area contributed by atoms with Crippen LogP contribution in [0.5, 0.6) is 0 Å². The SMILES string of the molecule is COC(=O)[C@@H]1C=C(OC(=O)c2cscn2)C(=O)[C@H]2[C@@]1(C)CC[C@H]1C(=O)O[C@H](c3ccoc3)C[C@]21C. The monoisotopic (exact) mass is 499 g/mol. The number of hydrogen-bond donors (Lipinski definition) is 0. The predicted octanol–water partition coefficient (Wildman–Crippen LogP) is 3.88. The van der Waals surface area contributed by atoms with Crippen molar-refractivity contribution in [1.29, 1.82) is 0 Å². The Morgan fingerprint density at radius 1 is 1.23 bits per heavy atom. The van der Waals surface area contributed by atoms with Crippen LogP contribution < -0.4 is 0 Å². The van der Waals surface area contributed by atoms with Crippen molar-refractivity contribution in [3.8, 4) is 0 Å². The Labute approximate surface area is 205 Å². The van der Waals surface area contributed by atoms with Gasteiger partial charge in [0.25, 0.3) is 0 Å². The summed E-state index contributed by atoms with van der Waals surface area (Å²) < 4.78 is 21.5. The summed E-state index contributed by atoms with van der Waals surface area (Å²) in [7, 11) is 1.28. The van der Waals surface area contributed by atoms with Gasteiger partial charge in [0.05, 0.1) is 37.0 Å². The number of furan rings is 1. The van der Waals surface area contributed by atoms with Crippen molar-refractivity contribution in [3.05, 3.63) is 52.6 Å². The molecule has 2 aromatic heterocycles. The van der Waals surface area contributed by atoms with Gasteiger partial charge in [0.15, 0.2) is 11.5 Å². The van der Waals surface area contributed by atoms with Crippen LogP contribution in [-0.4, -0.2) is 35.8 Å². The molecule has 0 aromatic carbocycles. The molecule has 1 aliphatic heterocycles. The molecule has 9 nitrogen and oxygen atoms in total. The van der Waals surface area contributed by atoms with Crippen LogP contribution in [0.25, 0.3) is 0 Å². The Hall–Kier alpha value is -3.27. The van der Waals surface area contributed by atoms with Crippen LogP contribution in [0.15, 0.2) is 45.7 Å². The van der Waals surface area contributed by atoms with E-state index in [1.54, 1.807) is 6.07 Å². The van der Waals surface area contributed by atoms with Gasteiger partial charge in [0.1, 0.15) is 6.10 Å². The number of carbonyl (C=O) groups is 4. The lowest BCUT2D eigenvalue weighted by Crippen LogP contribution is -2.61. The van der Waals surface area contributed by atoms with Crippen molar-refractivity contribution < 1.29 is 37.8 Å². The first-order valence-corrected chi connectivity index (χ1v) is 12.3. The highest BCUT2D eigenvalue weighted by Crippen LogP contribution is 2.64. The third-order valence-electron chi connectivity index (χ3n) is 8.00. The van der Waals surface area contributed by atoms with Crippen LogP contribution in [0.2, 0.25) is 0 Å². The van der Waals surface area contributed by atoms with Gasteiger partial charge in [0.2, 0.25) is 5.78 Å². The summed E-state index contributed by atoms with van der Waals surface area (Å²) in [4.78, 5) is 56.7. The van der Waals surface area contributed by atoms with E-state index in [0.717, 1.165) is 0 Å². The minimum absolute atomic E-state index is 0.0700. The van der Waals surface area contributed by atoms with Gasteiger partial charge in [-0.05, 0) is 42.2 Å². The molecule has 184 valence electrons. The molecule has 6 atom stereocenters. The third-order valence-corrected chi connectivity index (χ3v) is 8.59. The van der Waals surface area contributed by atoms with E-state index in [1.807, 2.05) is 13.8 Å². The maximum atomic E-state index is 14.0. The largest absolute Gasteiger partial charge is 0.472 e. The van der Waals surface area contributed by atoms with Crippen molar-refractivity contribution in [1.82, 2.24) is 4.98 Å². The molecule has 0 bridgehead atoms. The number of esters is 3. The molecule has 2 aromatic rings. The van der Waals surface area contributed by atoms with E-state index in [4.69, 9.17) is 18.6 Å². The first-order valence-electron chi connectivity index (χ1n) is 11.4. The molecule has 2 fully saturated rings. The quantitative estimate of drug-likeness (QED) is 0.456. The fraction of sp³-hybridized carbons (Fsp3) is 0.480. The van der Waals surface area contributed by atoms with Crippen LogP contribution in [-0.2, 0) is 28.6 Å². The highest BCUT2D eigenvalue weighted by atomic mass is 32.1. The van der Waals surface area contributed by atoms with Gasteiger partial charge in [-0.15, -0.1) is 11.3 Å². The van der Waals surface area contributed by atoms with Gasteiger partial charge in [0, 0.05) is 16.9 Å². The van der Waals surface area contributed by atoms with Crippen molar-refractivity contribution >= 4 is 35.0 Å². The van der Waals surface area contributed by atoms with Crippen molar-refractivity contribution in [2.45, 2.75) is 39.2 Å². The maximum Gasteiger partial charge on any atom is 0.363 e. The van der Waals surface area contributed by atoms with Crippen LogP contribution >= 0.6 is 11.3 Å². The molecule has 5 rings (SSSR count). The molecule has 10 heteroatoms. The number of Topliss-reactive ketones (excluding diaryl/α,β-unsaturated/α-hetero) is 1. The standard InChI is InChI=1S/C25H25NO8S/c1-24-6-4-14-22(29)34-18(13-5-7-32-10-13)9-25(14,2)20(24)19(27)17(8-15(24)21(28)31-3)33-23(30)16-11-35-12-26-16/h5,7-8,10-12,14-15,18,20H,4,6,9H2,1-3H3/t14-,15-,18-,20-,24-,25-/m0/s1. The number of nitrogens with zero attached hydrogens (tertiary/aromatic N) is 1. The molecule has 3 aliphatic rings. The first-order chi connectivity index (χ1) is 16.7. The maximum absolute atomic E-state index is 14.0. The normalized spacial score (nSPS) is 34.2. The fourth-order valence-electron chi connectivity index (χ4n) is 6.35. The lowest BCUT2D eigenvalue weighted by Gasteiger charge is -2.59. The smallest absolute Gasteiger partial charge is 0.363 e. The average molecular weight is 500 g/mol. The molecule has 1 saturated carbocycles. The number of rotatable bonds is 4. The molecular formula is C25H25NO8S. The summed E-state index contributed by atoms with van der Waals surface area (Å²) in [5.74, 6) is -4.50. The second-order valence-electron chi connectivity index (χ2n) is 9.88. The molecule has 0 radical (unpaired) electrons. The van der Waals surface area contributed by atoms with E-state index in [2.05, 4.69) is 4.98 Å². The van der Waals surface area contributed by atoms with E-state index in [9.17, 15) is 19.2 Å². The number of cyclic esters (lactones) is 1. The number of ketones is 1. The summed E-state index contributed by atoms with van der Waals surface area (Å²) in [6, 6.07) is 1.73. The Morgan fingerprint density at radius 3 is 2.69 bits per heavy atom. The highest BCUT2D eigenvalue weighted by Gasteiger charge is 2.66. The Morgan fingerprint density at radius 2 is 2.03 bits per heavy atom. The summed E-state index contributed by atoms with van der Waals surface area (Å²) in [6.45, 7) is 3.77. The summed E-state index contributed by atoms with van der Waals surface area (Å²) in [5.41, 5.74) is 0.549. The topological polar surface area (TPSA) is 122 Å². The van der Waals surface area contributed by atoms with Crippen molar-refractivity contribution in [2.75, 3.05) is 7.11 Å². The van der Waals surface area contributed by atoms with E-state index in [-0.39, 0.29) is 17.4 Å². The van der Waals surface area contributed by atoms with Crippen LogP contribution in [0, 0.1) is 28.6 Å². The zero-order valence-electron chi connectivity index (χ0n) is 19.5. The molecule has 0 unspecified atom stereocenters. The number of allylic oxidation sites excluding steroid dienone is 1. The zero-order valence-corrected chi connectivity index (χ0v) is 20.3. The summed E-state index contributed by atoms with van der Waals surface area (Å²) in [5, 5.41) is 1.52. The highest BCUT2D eigenvalue weighted by molar-refractivity contribution is 7.07. The molecule has 0 amide bonds. The molecule has 3 heterocycles. The predicted molar refractivity (Wildman–Crippen MR) is 121 cm³/mol.